The first kappa shape index (κ1) is 13.1. The summed E-state index contributed by atoms with van der Waals surface area (Å²) in [6.07, 6.45) is 0. The van der Waals surface area contributed by atoms with Crippen molar-refractivity contribution in [3.63, 3.8) is 0 Å². The van der Waals surface area contributed by atoms with Crippen LogP contribution in [0.3, 0.4) is 0 Å². The van der Waals surface area contributed by atoms with E-state index in [2.05, 4.69) is 65.8 Å². The fourth-order valence-electron chi connectivity index (χ4n) is 2.99. The molecule has 2 rings (SSSR count). The SMILES string of the molecule is Cc1c(C(C)C)ccc2c(C)c(C(C)C)ccc12. The summed E-state index contributed by atoms with van der Waals surface area (Å²) >= 11 is 0. The van der Waals surface area contributed by atoms with Crippen molar-refractivity contribution in [2.75, 3.05) is 0 Å². The Kier molecular flexibility index (Phi) is 3.47. The first-order valence-corrected chi connectivity index (χ1v) is 6.96. The molecule has 0 bridgehead atoms. The summed E-state index contributed by atoms with van der Waals surface area (Å²) < 4.78 is 0. The third kappa shape index (κ3) is 2.05. The molecule has 0 N–H and O–H groups in total. The van der Waals surface area contributed by atoms with Crippen LogP contribution in [0, 0.1) is 13.8 Å². The minimum absolute atomic E-state index is 0.597. The van der Waals surface area contributed by atoms with Crippen LogP contribution in [0.4, 0.5) is 0 Å². The van der Waals surface area contributed by atoms with Gasteiger partial charge in [0, 0.05) is 0 Å². The molecule has 0 heterocycles. The fourth-order valence-corrected chi connectivity index (χ4v) is 2.99. The monoisotopic (exact) mass is 240 g/mol. The summed E-state index contributed by atoms with van der Waals surface area (Å²) in [4.78, 5) is 0. The Balaban J connectivity index is 2.75. The van der Waals surface area contributed by atoms with Gasteiger partial charge in [-0.25, -0.2) is 0 Å². The van der Waals surface area contributed by atoms with Gasteiger partial charge in [0.2, 0.25) is 0 Å². The van der Waals surface area contributed by atoms with Crippen LogP contribution < -0.4 is 0 Å². The predicted octanol–water partition coefficient (Wildman–Crippen LogP) is 5.70. The summed E-state index contributed by atoms with van der Waals surface area (Å²) in [5.41, 5.74) is 5.83. The standard InChI is InChI=1S/C18H24/c1-11(2)15-7-9-18-14(6)16(12(3)4)8-10-17(18)13(15)5/h7-12H,1-6H3. The highest BCUT2D eigenvalue weighted by Crippen LogP contribution is 2.32. The molecule has 0 aliphatic heterocycles. The summed E-state index contributed by atoms with van der Waals surface area (Å²) in [7, 11) is 0. The topological polar surface area (TPSA) is 0 Å². The van der Waals surface area contributed by atoms with Crippen molar-refractivity contribution < 1.29 is 0 Å². The molecule has 0 saturated carbocycles. The molecule has 0 unspecified atom stereocenters. The summed E-state index contributed by atoms with van der Waals surface area (Å²) in [6, 6.07) is 9.22. The zero-order valence-corrected chi connectivity index (χ0v) is 12.5. The van der Waals surface area contributed by atoms with Gasteiger partial charge in [0.25, 0.3) is 0 Å². The van der Waals surface area contributed by atoms with Crippen molar-refractivity contribution in [2.45, 2.75) is 53.4 Å². The lowest BCUT2D eigenvalue weighted by Crippen LogP contribution is -1.97. The number of rotatable bonds is 2. The van der Waals surface area contributed by atoms with Crippen LogP contribution in [0.1, 0.15) is 61.8 Å². The van der Waals surface area contributed by atoms with Gasteiger partial charge < -0.3 is 0 Å². The quantitative estimate of drug-likeness (QED) is 0.631. The third-order valence-corrected chi connectivity index (χ3v) is 4.07. The summed E-state index contributed by atoms with van der Waals surface area (Å²) in [5.74, 6) is 1.19. The maximum atomic E-state index is 2.31. The number of aryl methyl sites for hydroxylation is 2. The normalized spacial score (nSPS) is 11.8. The molecular formula is C18H24. The molecule has 0 fully saturated rings. The highest BCUT2D eigenvalue weighted by molar-refractivity contribution is 5.90. The van der Waals surface area contributed by atoms with Gasteiger partial charge in [-0.3, -0.25) is 0 Å². The van der Waals surface area contributed by atoms with Gasteiger partial charge in [-0.15, -0.1) is 0 Å². The molecule has 18 heavy (non-hydrogen) atoms. The number of hydrogen-bond donors (Lipinski definition) is 0. The van der Waals surface area contributed by atoms with E-state index in [1.165, 1.54) is 33.0 Å². The molecule has 0 aliphatic carbocycles. The van der Waals surface area contributed by atoms with Crippen molar-refractivity contribution in [3.05, 3.63) is 46.5 Å². The van der Waals surface area contributed by atoms with Crippen molar-refractivity contribution in [2.24, 2.45) is 0 Å². The maximum absolute atomic E-state index is 2.31. The van der Waals surface area contributed by atoms with E-state index in [4.69, 9.17) is 0 Å². The van der Waals surface area contributed by atoms with E-state index in [9.17, 15) is 0 Å². The van der Waals surface area contributed by atoms with Crippen LogP contribution in [-0.4, -0.2) is 0 Å². The van der Waals surface area contributed by atoms with Gasteiger partial charge in [0.05, 0.1) is 0 Å². The molecule has 0 atom stereocenters. The van der Waals surface area contributed by atoms with Gasteiger partial charge in [0.1, 0.15) is 0 Å². The Hall–Kier alpha value is -1.30. The van der Waals surface area contributed by atoms with Gasteiger partial charge in [0.15, 0.2) is 0 Å². The van der Waals surface area contributed by atoms with Crippen LogP contribution in [0.2, 0.25) is 0 Å². The molecule has 0 radical (unpaired) electrons. The lowest BCUT2D eigenvalue weighted by molar-refractivity contribution is 0.855. The van der Waals surface area contributed by atoms with Gasteiger partial charge in [-0.2, -0.15) is 0 Å². The molecule has 0 nitrogen and oxygen atoms in total. The maximum Gasteiger partial charge on any atom is -0.0149 e. The Morgan fingerprint density at radius 2 is 0.944 bits per heavy atom. The molecule has 0 saturated heterocycles. The highest BCUT2D eigenvalue weighted by atomic mass is 14.2. The second-order valence-corrected chi connectivity index (χ2v) is 5.96. The summed E-state index contributed by atoms with van der Waals surface area (Å²) in [6.45, 7) is 13.6. The smallest absolute Gasteiger partial charge is 0.0149 e. The van der Waals surface area contributed by atoms with Crippen LogP contribution >= 0.6 is 0 Å². The third-order valence-electron chi connectivity index (χ3n) is 4.07. The Morgan fingerprint density at radius 1 is 0.611 bits per heavy atom. The Morgan fingerprint density at radius 3 is 1.22 bits per heavy atom. The van der Waals surface area contributed by atoms with E-state index in [0.717, 1.165) is 0 Å². The van der Waals surface area contributed by atoms with Gasteiger partial charge in [-0.1, -0.05) is 52.0 Å². The Bertz CT molecular complexity index is 521. The van der Waals surface area contributed by atoms with Crippen molar-refractivity contribution in [1.29, 1.82) is 0 Å². The van der Waals surface area contributed by atoms with Crippen molar-refractivity contribution in [3.8, 4) is 0 Å². The number of hydrogen-bond acceptors (Lipinski definition) is 0. The average Bonchev–Trinajstić information content (AvgIpc) is 2.29. The van der Waals surface area contributed by atoms with Crippen LogP contribution in [0.5, 0.6) is 0 Å². The Labute approximate surface area is 111 Å². The van der Waals surface area contributed by atoms with Crippen molar-refractivity contribution in [1.82, 2.24) is 0 Å². The first-order chi connectivity index (χ1) is 8.43. The van der Waals surface area contributed by atoms with E-state index in [-0.39, 0.29) is 0 Å². The van der Waals surface area contributed by atoms with Crippen LogP contribution in [0.25, 0.3) is 10.8 Å². The van der Waals surface area contributed by atoms with E-state index >= 15 is 0 Å². The molecule has 2 aromatic carbocycles. The second-order valence-electron chi connectivity index (χ2n) is 5.96. The second kappa shape index (κ2) is 4.76. The lowest BCUT2D eigenvalue weighted by atomic mass is 9.88. The van der Waals surface area contributed by atoms with E-state index in [1.807, 2.05) is 0 Å². The van der Waals surface area contributed by atoms with Crippen LogP contribution in [0.15, 0.2) is 24.3 Å². The van der Waals surface area contributed by atoms with E-state index < -0.39 is 0 Å². The van der Waals surface area contributed by atoms with Crippen molar-refractivity contribution >= 4 is 10.8 Å². The summed E-state index contributed by atoms with van der Waals surface area (Å²) in [5, 5.41) is 2.84. The molecular weight excluding hydrogens is 216 g/mol. The number of fused-ring (bicyclic) bond motifs is 1. The fraction of sp³-hybridized carbons (Fsp3) is 0.444. The van der Waals surface area contributed by atoms with E-state index in [0.29, 0.717) is 11.8 Å². The molecule has 0 heteroatoms. The van der Waals surface area contributed by atoms with Gasteiger partial charge in [-0.05, 0) is 58.7 Å². The molecule has 0 aliphatic rings. The van der Waals surface area contributed by atoms with Crippen LogP contribution in [-0.2, 0) is 0 Å². The minimum Gasteiger partial charge on any atom is -0.0587 e. The average molecular weight is 240 g/mol. The number of benzene rings is 2. The zero-order valence-electron chi connectivity index (χ0n) is 12.5. The van der Waals surface area contributed by atoms with E-state index in [1.54, 1.807) is 0 Å². The predicted molar refractivity (Wildman–Crippen MR) is 81.6 cm³/mol. The molecule has 96 valence electrons. The highest BCUT2D eigenvalue weighted by Gasteiger charge is 2.11. The molecule has 0 aromatic heterocycles. The molecule has 0 amide bonds. The zero-order chi connectivity index (χ0) is 13.4. The largest absolute Gasteiger partial charge is 0.0587 e. The lowest BCUT2D eigenvalue weighted by Gasteiger charge is -2.17. The molecule has 0 spiro atoms. The van der Waals surface area contributed by atoms with Gasteiger partial charge >= 0.3 is 0 Å². The first-order valence-electron chi connectivity index (χ1n) is 6.96. The molecule has 2 aromatic rings. The minimum atomic E-state index is 0.597.